The summed E-state index contributed by atoms with van der Waals surface area (Å²) in [5.41, 5.74) is 2.44. The average Bonchev–Trinajstić information content (AvgIpc) is 2.84. The molecule has 4 nitrogen and oxygen atoms in total. The number of likely N-dealkylation sites (tertiary alicyclic amines) is 1. The van der Waals surface area contributed by atoms with Crippen LogP contribution in [0.15, 0.2) is 36.5 Å². The van der Waals surface area contributed by atoms with Crippen molar-refractivity contribution in [3.8, 4) is 11.6 Å². The highest BCUT2D eigenvalue weighted by Gasteiger charge is 2.22. The van der Waals surface area contributed by atoms with Gasteiger partial charge in [0.1, 0.15) is 5.75 Å². The first-order valence-corrected chi connectivity index (χ1v) is 12.7. The van der Waals surface area contributed by atoms with E-state index in [-0.39, 0.29) is 0 Å². The molecule has 0 bridgehead atoms. The summed E-state index contributed by atoms with van der Waals surface area (Å²) in [5.74, 6) is 3.29. The van der Waals surface area contributed by atoms with Crippen LogP contribution in [-0.4, -0.2) is 36.7 Å². The Morgan fingerprint density at radius 1 is 1.00 bits per heavy atom. The molecule has 0 unspecified atom stereocenters. The maximum absolute atomic E-state index is 6.36. The molecule has 2 aromatic rings. The monoisotopic (exact) mass is 456 g/mol. The van der Waals surface area contributed by atoms with Crippen LogP contribution in [0.3, 0.4) is 0 Å². The van der Waals surface area contributed by atoms with Crippen molar-refractivity contribution in [2.75, 3.05) is 26.8 Å². The number of aromatic nitrogens is 1. The molecule has 0 amide bonds. The Morgan fingerprint density at radius 3 is 2.56 bits per heavy atom. The van der Waals surface area contributed by atoms with Crippen molar-refractivity contribution in [2.24, 2.45) is 11.8 Å². The van der Waals surface area contributed by atoms with Gasteiger partial charge < -0.3 is 9.47 Å². The number of hydrogen-bond acceptors (Lipinski definition) is 4. The molecule has 0 spiro atoms. The summed E-state index contributed by atoms with van der Waals surface area (Å²) in [5, 5.41) is 0.659. The summed E-state index contributed by atoms with van der Waals surface area (Å²) in [6.45, 7) is 3.77. The normalized spacial score (nSPS) is 18.6. The van der Waals surface area contributed by atoms with Crippen molar-refractivity contribution >= 4 is 11.6 Å². The predicted octanol–water partition coefficient (Wildman–Crippen LogP) is 6.55. The van der Waals surface area contributed by atoms with Gasteiger partial charge in [-0.05, 0) is 68.3 Å². The van der Waals surface area contributed by atoms with Gasteiger partial charge in [-0.25, -0.2) is 4.98 Å². The zero-order valence-electron chi connectivity index (χ0n) is 19.4. The first kappa shape index (κ1) is 23.4. The Labute approximate surface area is 198 Å². The average molecular weight is 457 g/mol. The van der Waals surface area contributed by atoms with Crippen molar-refractivity contribution in [1.29, 1.82) is 0 Å². The van der Waals surface area contributed by atoms with E-state index in [9.17, 15) is 0 Å². The van der Waals surface area contributed by atoms with Gasteiger partial charge >= 0.3 is 0 Å². The van der Waals surface area contributed by atoms with Crippen LogP contribution in [0.5, 0.6) is 11.6 Å². The fourth-order valence-electron chi connectivity index (χ4n) is 5.21. The number of ether oxygens (including phenoxy) is 2. The largest absolute Gasteiger partial charge is 0.493 e. The van der Waals surface area contributed by atoms with Crippen molar-refractivity contribution in [2.45, 2.75) is 64.3 Å². The zero-order chi connectivity index (χ0) is 22.2. The molecule has 1 saturated carbocycles. The van der Waals surface area contributed by atoms with E-state index in [1.807, 2.05) is 6.07 Å². The van der Waals surface area contributed by atoms with Crippen LogP contribution in [0.2, 0.25) is 5.02 Å². The minimum absolute atomic E-state index is 0.608. The highest BCUT2D eigenvalue weighted by molar-refractivity contribution is 6.30. The second kappa shape index (κ2) is 11.9. The number of benzene rings is 1. The molecule has 5 heteroatoms. The maximum atomic E-state index is 6.36. The van der Waals surface area contributed by atoms with E-state index in [0.29, 0.717) is 16.8 Å². The molecule has 0 atom stereocenters. The first-order chi connectivity index (χ1) is 15.7. The van der Waals surface area contributed by atoms with Crippen LogP contribution in [0.1, 0.15) is 62.5 Å². The molecule has 174 valence electrons. The van der Waals surface area contributed by atoms with Gasteiger partial charge in [-0.2, -0.15) is 0 Å². The van der Waals surface area contributed by atoms with Crippen LogP contribution in [0, 0.1) is 11.8 Å². The van der Waals surface area contributed by atoms with Gasteiger partial charge in [-0.3, -0.25) is 4.90 Å². The molecule has 1 aromatic carbocycles. The third-order valence-electron chi connectivity index (χ3n) is 7.18. The van der Waals surface area contributed by atoms with Crippen molar-refractivity contribution in [1.82, 2.24) is 9.88 Å². The fourth-order valence-corrected chi connectivity index (χ4v) is 5.39. The number of piperidine rings is 1. The lowest BCUT2D eigenvalue weighted by atomic mass is 9.85. The van der Waals surface area contributed by atoms with Crippen LogP contribution >= 0.6 is 11.6 Å². The lowest BCUT2D eigenvalue weighted by molar-refractivity contribution is 0.135. The molecule has 32 heavy (non-hydrogen) atoms. The van der Waals surface area contributed by atoms with Crippen molar-refractivity contribution in [3.05, 3.63) is 52.7 Å². The van der Waals surface area contributed by atoms with Crippen LogP contribution in [0.25, 0.3) is 0 Å². The van der Waals surface area contributed by atoms with E-state index >= 15 is 0 Å². The fraction of sp³-hybridized carbons (Fsp3) is 0.593. The third kappa shape index (κ3) is 6.62. The van der Waals surface area contributed by atoms with E-state index in [1.54, 1.807) is 13.3 Å². The number of para-hydroxylation sites is 1. The second-order valence-electron chi connectivity index (χ2n) is 9.50. The van der Waals surface area contributed by atoms with Gasteiger partial charge in [0.15, 0.2) is 0 Å². The molecule has 4 rings (SSSR count). The van der Waals surface area contributed by atoms with E-state index in [0.717, 1.165) is 62.7 Å². The Kier molecular flexibility index (Phi) is 8.69. The molecular formula is C27H37ClN2O2. The topological polar surface area (TPSA) is 34.6 Å². The standard InChI is InChI=1S/C27H37ClN2O2/c1-31-27-24(17-25(28)18-29-27)19-30-15-13-22(14-16-30)20-32-26-10-6-5-9-23(26)12-11-21-7-3-2-4-8-21/h5-6,9-10,17-18,21-22H,2-4,7-8,11-16,19-20H2,1H3. The smallest absolute Gasteiger partial charge is 0.217 e. The molecule has 2 aliphatic rings. The Morgan fingerprint density at radius 2 is 1.78 bits per heavy atom. The molecule has 1 aliphatic heterocycles. The molecule has 0 N–H and O–H groups in total. The van der Waals surface area contributed by atoms with Crippen molar-refractivity contribution in [3.63, 3.8) is 0 Å². The number of pyridine rings is 1. The summed E-state index contributed by atoms with van der Waals surface area (Å²) in [6, 6.07) is 10.6. The van der Waals surface area contributed by atoms with E-state index in [4.69, 9.17) is 21.1 Å². The molecule has 2 fully saturated rings. The molecule has 2 heterocycles. The Bertz CT molecular complexity index is 845. The van der Waals surface area contributed by atoms with Gasteiger partial charge in [0.25, 0.3) is 0 Å². The van der Waals surface area contributed by atoms with Crippen LogP contribution in [-0.2, 0) is 13.0 Å². The molecule has 1 saturated heterocycles. The van der Waals surface area contributed by atoms with Gasteiger partial charge in [0.05, 0.1) is 18.7 Å². The number of rotatable bonds is 9. The van der Waals surface area contributed by atoms with Crippen LogP contribution < -0.4 is 9.47 Å². The molecule has 1 aliphatic carbocycles. The highest BCUT2D eigenvalue weighted by atomic mass is 35.5. The molecule has 1 aromatic heterocycles. The molecular weight excluding hydrogens is 420 g/mol. The number of nitrogens with zero attached hydrogens (tertiary/aromatic N) is 2. The third-order valence-corrected chi connectivity index (χ3v) is 7.39. The van der Waals surface area contributed by atoms with E-state index in [2.05, 4.69) is 34.1 Å². The summed E-state index contributed by atoms with van der Waals surface area (Å²) in [7, 11) is 1.66. The molecule has 0 radical (unpaired) electrons. The number of halogens is 1. The number of aryl methyl sites for hydroxylation is 1. The minimum Gasteiger partial charge on any atom is -0.493 e. The van der Waals surface area contributed by atoms with Gasteiger partial charge in [-0.15, -0.1) is 0 Å². The van der Waals surface area contributed by atoms with Gasteiger partial charge in [0, 0.05) is 18.3 Å². The second-order valence-corrected chi connectivity index (χ2v) is 9.94. The van der Waals surface area contributed by atoms with Gasteiger partial charge in [-0.1, -0.05) is 61.9 Å². The van der Waals surface area contributed by atoms with Crippen molar-refractivity contribution < 1.29 is 9.47 Å². The highest BCUT2D eigenvalue weighted by Crippen LogP contribution is 2.30. The number of methoxy groups -OCH3 is 1. The first-order valence-electron chi connectivity index (χ1n) is 12.3. The lowest BCUT2D eigenvalue weighted by Crippen LogP contribution is -2.35. The Balaban J connectivity index is 1.23. The summed E-state index contributed by atoms with van der Waals surface area (Å²) in [6.07, 6.45) is 13.5. The SMILES string of the molecule is COc1ncc(Cl)cc1CN1CCC(COc2ccccc2CCC2CCCCC2)CC1. The summed E-state index contributed by atoms with van der Waals surface area (Å²) in [4.78, 5) is 6.76. The number of hydrogen-bond donors (Lipinski definition) is 0. The maximum Gasteiger partial charge on any atom is 0.217 e. The lowest BCUT2D eigenvalue weighted by Gasteiger charge is -2.32. The van der Waals surface area contributed by atoms with Gasteiger partial charge in [0.2, 0.25) is 5.88 Å². The predicted molar refractivity (Wildman–Crippen MR) is 131 cm³/mol. The minimum atomic E-state index is 0.608. The van der Waals surface area contributed by atoms with Crippen LogP contribution in [0.4, 0.5) is 0 Å². The summed E-state index contributed by atoms with van der Waals surface area (Å²) < 4.78 is 11.8. The van der Waals surface area contributed by atoms with E-state index < -0.39 is 0 Å². The zero-order valence-corrected chi connectivity index (χ0v) is 20.2. The van der Waals surface area contributed by atoms with E-state index in [1.165, 1.54) is 44.1 Å². The summed E-state index contributed by atoms with van der Waals surface area (Å²) >= 11 is 6.14. The Hall–Kier alpha value is -1.78. The quantitative estimate of drug-likeness (QED) is 0.428.